The van der Waals surface area contributed by atoms with Gasteiger partial charge in [-0.2, -0.15) is 0 Å². The fourth-order valence-electron chi connectivity index (χ4n) is 3.99. The molecule has 4 rings (SSSR count). The third kappa shape index (κ3) is 4.54. The number of halogens is 2. The van der Waals surface area contributed by atoms with Crippen molar-refractivity contribution < 1.29 is 13.6 Å². The second kappa shape index (κ2) is 9.42. The molecule has 0 unspecified atom stereocenters. The van der Waals surface area contributed by atoms with E-state index in [1.807, 2.05) is 48.2 Å². The van der Waals surface area contributed by atoms with Crippen molar-refractivity contribution in [2.24, 2.45) is 0 Å². The van der Waals surface area contributed by atoms with Gasteiger partial charge in [-0.1, -0.05) is 23.5 Å². The average molecular weight is 477 g/mol. The lowest BCUT2D eigenvalue weighted by Crippen LogP contribution is -2.43. The second-order valence-corrected chi connectivity index (χ2v) is 9.06. The molecule has 1 fully saturated rings. The summed E-state index contributed by atoms with van der Waals surface area (Å²) in [4.78, 5) is 38.0. The van der Waals surface area contributed by atoms with Gasteiger partial charge in [0.05, 0.1) is 0 Å². The predicted octanol–water partition coefficient (Wildman–Crippen LogP) is 3.16. The molecule has 1 aromatic carbocycles. The molecule has 3 aromatic rings. The molecule has 0 spiro atoms. The molecule has 0 radical (unpaired) electrons. The molecule has 1 atom stereocenters. The van der Waals surface area contributed by atoms with Gasteiger partial charge in [-0.3, -0.25) is 14.2 Å². The standard InChI is InChI=1S/C22H26F2N6O2S/c1-4-29-18(17(23)24)27-20-16(21(29)32)26-22(33-20)30-11-5-6-15(30)19(31)25-12-13-7-9-14(10-8-13)28(2)3/h7-10,15,17H,4-6,11-12H2,1-3H3,(H,25,31)/t15-/m1/s1. The van der Waals surface area contributed by atoms with Crippen LogP contribution in [0.5, 0.6) is 0 Å². The van der Waals surface area contributed by atoms with Gasteiger partial charge in [-0.25, -0.2) is 18.7 Å². The molecule has 11 heteroatoms. The zero-order chi connectivity index (χ0) is 23.7. The van der Waals surface area contributed by atoms with Gasteiger partial charge in [0, 0.05) is 39.4 Å². The Bertz CT molecular complexity index is 1210. The first-order chi connectivity index (χ1) is 15.8. The van der Waals surface area contributed by atoms with Gasteiger partial charge in [-0.05, 0) is 37.5 Å². The van der Waals surface area contributed by atoms with E-state index >= 15 is 0 Å². The van der Waals surface area contributed by atoms with Gasteiger partial charge >= 0.3 is 0 Å². The summed E-state index contributed by atoms with van der Waals surface area (Å²) >= 11 is 1.07. The number of amides is 1. The topological polar surface area (TPSA) is 83.4 Å². The largest absolute Gasteiger partial charge is 0.378 e. The molecular formula is C22H26F2N6O2S. The van der Waals surface area contributed by atoms with Crippen LogP contribution in [0.2, 0.25) is 0 Å². The number of alkyl halides is 2. The van der Waals surface area contributed by atoms with E-state index in [0.717, 1.165) is 33.6 Å². The number of aromatic nitrogens is 3. The monoisotopic (exact) mass is 476 g/mol. The SMILES string of the molecule is CCn1c(C(F)F)nc2sc(N3CCC[C@@H]3C(=O)NCc3ccc(N(C)C)cc3)nc2c1=O. The van der Waals surface area contributed by atoms with Crippen LogP contribution in [0, 0.1) is 0 Å². The fraction of sp³-hybridized carbons (Fsp3) is 0.455. The van der Waals surface area contributed by atoms with Crippen LogP contribution < -0.4 is 20.7 Å². The third-order valence-corrected chi connectivity index (χ3v) is 6.76. The number of thiazole rings is 1. The van der Waals surface area contributed by atoms with E-state index in [4.69, 9.17) is 0 Å². The Morgan fingerprint density at radius 1 is 1.27 bits per heavy atom. The highest BCUT2D eigenvalue weighted by atomic mass is 32.1. The van der Waals surface area contributed by atoms with Crippen LogP contribution >= 0.6 is 11.3 Å². The van der Waals surface area contributed by atoms with Crippen molar-refractivity contribution in [2.45, 2.75) is 45.3 Å². The van der Waals surface area contributed by atoms with Crippen molar-refractivity contribution in [3.05, 3.63) is 46.0 Å². The molecule has 1 saturated heterocycles. The van der Waals surface area contributed by atoms with Gasteiger partial charge in [0.15, 0.2) is 21.3 Å². The van der Waals surface area contributed by atoms with Gasteiger partial charge in [0.25, 0.3) is 12.0 Å². The normalized spacial score (nSPS) is 16.1. The molecule has 0 bridgehead atoms. The summed E-state index contributed by atoms with van der Waals surface area (Å²) in [6, 6.07) is 7.50. The summed E-state index contributed by atoms with van der Waals surface area (Å²) < 4.78 is 27.7. The van der Waals surface area contributed by atoms with Gasteiger partial charge in [0.1, 0.15) is 6.04 Å². The summed E-state index contributed by atoms with van der Waals surface area (Å²) in [5.74, 6) is -0.683. The minimum absolute atomic E-state index is 0.0632. The van der Waals surface area contributed by atoms with Crippen molar-refractivity contribution in [1.29, 1.82) is 0 Å². The highest BCUT2D eigenvalue weighted by Gasteiger charge is 2.33. The molecule has 8 nitrogen and oxygen atoms in total. The van der Waals surface area contributed by atoms with Crippen LogP contribution in [-0.4, -0.2) is 47.1 Å². The van der Waals surface area contributed by atoms with E-state index in [2.05, 4.69) is 15.3 Å². The highest BCUT2D eigenvalue weighted by Crippen LogP contribution is 2.32. The van der Waals surface area contributed by atoms with Crippen LogP contribution in [0.25, 0.3) is 10.3 Å². The zero-order valence-corrected chi connectivity index (χ0v) is 19.5. The summed E-state index contributed by atoms with van der Waals surface area (Å²) in [6.45, 7) is 2.69. The third-order valence-electron chi connectivity index (χ3n) is 5.77. The summed E-state index contributed by atoms with van der Waals surface area (Å²) in [7, 11) is 3.93. The second-order valence-electron chi connectivity index (χ2n) is 8.10. The minimum atomic E-state index is -2.86. The fourth-order valence-corrected chi connectivity index (χ4v) is 5.01. The van der Waals surface area contributed by atoms with Gasteiger partial charge in [-0.15, -0.1) is 0 Å². The Kier molecular flexibility index (Phi) is 6.59. The number of fused-ring (bicyclic) bond motifs is 1. The average Bonchev–Trinajstić information content (AvgIpc) is 3.44. The van der Waals surface area contributed by atoms with E-state index < -0.39 is 23.9 Å². The Morgan fingerprint density at radius 3 is 2.64 bits per heavy atom. The minimum Gasteiger partial charge on any atom is -0.378 e. The Labute approximate surface area is 193 Å². The molecule has 3 heterocycles. The zero-order valence-electron chi connectivity index (χ0n) is 18.7. The van der Waals surface area contributed by atoms with Crippen molar-refractivity contribution in [3.63, 3.8) is 0 Å². The summed E-state index contributed by atoms with van der Waals surface area (Å²) in [5.41, 5.74) is 1.55. The number of rotatable bonds is 7. The molecule has 1 amide bonds. The quantitative estimate of drug-likeness (QED) is 0.564. The number of hydrogen-bond acceptors (Lipinski definition) is 7. The maximum atomic E-state index is 13.4. The number of carbonyl (C=O) groups excluding carboxylic acids is 1. The number of nitrogens with zero attached hydrogens (tertiary/aromatic N) is 5. The molecule has 0 saturated carbocycles. The summed E-state index contributed by atoms with van der Waals surface area (Å²) in [6.07, 6.45) is -1.42. The van der Waals surface area contributed by atoms with Crippen molar-refractivity contribution in [1.82, 2.24) is 19.9 Å². The maximum Gasteiger partial charge on any atom is 0.295 e. The predicted molar refractivity (Wildman–Crippen MR) is 125 cm³/mol. The highest BCUT2D eigenvalue weighted by molar-refractivity contribution is 7.21. The van der Waals surface area contributed by atoms with E-state index in [-0.39, 0.29) is 22.8 Å². The number of nitrogens with one attached hydrogen (secondary N) is 1. The molecule has 33 heavy (non-hydrogen) atoms. The number of carbonyl (C=O) groups is 1. The van der Waals surface area contributed by atoms with Gasteiger partial charge < -0.3 is 15.1 Å². The Morgan fingerprint density at radius 2 is 2.00 bits per heavy atom. The van der Waals surface area contributed by atoms with Gasteiger partial charge in [0.2, 0.25) is 5.91 Å². The van der Waals surface area contributed by atoms with E-state index in [9.17, 15) is 18.4 Å². The Balaban J connectivity index is 1.53. The molecule has 1 aliphatic rings. The Hall–Kier alpha value is -3.08. The first-order valence-electron chi connectivity index (χ1n) is 10.8. The van der Waals surface area contributed by atoms with Crippen LogP contribution in [0.15, 0.2) is 29.1 Å². The molecule has 176 valence electrons. The summed E-state index contributed by atoms with van der Waals surface area (Å²) in [5, 5.41) is 3.43. The van der Waals surface area contributed by atoms with Crippen LogP contribution in [-0.2, 0) is 17.9 Å². The lowest BCUT2D eigenvalue weighted by molar-refractivity contribution is -0.122. The molecule has 1 aliphatic heterocycles. The lowest BCUT2D eigenvalue weighted by Gasteiger charge is -2.23. The van der Waals surface area contributed by atoms with Crippen molar-refractivity contribution in [2.75, 3.05) is 30.4 Å². The first-order valence-corrected chi connectivity index (χ1v) is 11.6. The molecular weight excluding hydrogens is 450 g/mol. The first kappa shape index (κ1) is 23.1. The van der Waals surface area contributed by atoms with E-state index in [1.165, 1.54) is 0 Å². The molecule has 1 N–H and O–H groups in total. The van der Waals surface area contributed by atoms with Crippen molar-refractivity contribution in [3.8, 4) is 0 Å². The van der Waals surface area contributed by atoms with Crippen LogP contribution in [0.1, 0.15) is 37.6 Å². The van der Waals surface area contributed by atoms with E-state index in [1.54, 1.807) is 6.92 Å². The van der Waals surface area contributed by atoms with E-state index in [0.29, 0.717) is 24.6 Å². The van der Waals surface area contributed by atoms with Crippen LogP contribution in [0.4, 0.5) is 19.6 Å². The number of hydrogen-bond donors (Lipinski definition) is 1. The molecule has 2 aromatic heterocycles. The smallest absolute Gasteiger partial charge is 0.295 e. The lowest BCUT2D eigenvalue weighted by atomic mass is 10.1. The maximum absolute atomic E-state index is 13.4. The molecule has 0 aliphatic carbocycles. The van der Waals surface area contributed by atoms with Crippen LogP contribution in [0.3, 0.4) is 0 Å². The van der Waals surface area contributed by atoms with Crippen molar-refractivity contribution >= 4 is 38.4 Å². The number of benzene rings is 1. The number of anilines is 2.